The minimum atomic E-state index is -4.03. The molecule has 0 atom stereocenters. The molecule has 1 amide bonds. The number of nitrogens with one attached hydrogen (secondary N) is 1. The number of sulfonamides is 1. The third-order valence-corrected chi connectivity index (χ3v) is 6.96. The largest absolute Gasteiger partial charge is 0.462 e. The molecule has 0 saturated carbocycles. The maximum absolute atomic E-state index is 12.9. The van der Waals surface area contributed by atoms with Crippen LogP contribution in [0.3, 0.4) is 0 Å². The molecule has 31 heavy (non-hydrogen) atoms. The summed E-state index contributed by atoms with van der Waals surface area (Å²) in [6.45, 7) is 3.61. The Morgan fingerprint density at radius 1 is 1.06 bits per heavy atom. The van der Waals surface area contributed by atoms with Gasteiger partial charge >= 0.3 is 5.97 Å². The van der Waals surface area contributed by atoms with Gasteiger partial charge in [-0.25, -0.2) is 13.2 Å². The lowest BCUT2D eigenvalue weighted by Crippen LogP contribution is -2.38. The Balaban J connectivity index is 2.05. The number of benzene rings is 2. The number of rotatable bonds is 10. The highest BCUT2D eigenvalue weighted by molar-refractivity contribution is 7.89. The quantitative estimate of drug-likeness (QED) is 0.391. The summed E-state index contributed by atoms with van der Waals surface area (Å²) in [5.74, 6) is -0.977. The second kappa shape index (κ2) is 11.5. The van der Waals surface area contributed by atoms with Crippen LogP contribution in [0.25, 0.3) is 0 Å². The van der Waals surface area contributed by atoms with E-state index in [0.717, 1.165) is 17.1 Å². The summed E-state index contributed by atoms with van der Waals surface area (Å²) in [5.41, 5.74) is 0.784. The van der Waals surface area contributed by atoms with Gasteiger partial charge in [0.05, 0.1) is 23.7 Å². The first kappa shape index (κ1) is 25.1. The Morgan fingerprint density at radius 3 is 2.35 bits per heavy atom. The SMILES string of the molecule is CCCCOC(=O)c1ccc(NC(=O)CN(CC)S(=O)(=O)c2cc(Cl)ccc2Cl)cc1. The van der Waals surface area contributed by atoms with Gasteiger partial charge in [-0.1, -0.05) is 43.5 Å². The van der Waals surface area contributed by atoms with E-state index >= 15 is 0 Å². The number of nitrogens with zero attached hydrogens (tertiary/aromatic N) is 1. The first-order chi connectivity index (χ1) is 14.7. The first-order valence-corrected chi connectivity index (χ1v) is 11.9. The van der Waals surface area contributed by atoms with Crippen molar-refractivity contribution in [3.63, 3.8) is 0 Å². The zero-order valence-electron chi connectivity index (χ0n) is 17.2. The highest BCUT2D eigenvalue weighted by Crippen LogP contribution is 2.27. The number of unbranched alkanes of at least 4 members (excludes halogenated alkanes) is 1. The summed E-state index contributed by atoms with van der Waals surface area (Å²) < 4.78 is 31.9. The van der Waals surface area contributed by atoms with Gasteiger partial charge in [-0.05, 0) is 48.9 Å². The molecule has 0 heterocycles. The molecule has 0 spiro atoms. The predicted octanol–water partition coefficient (Wildman–Crippen LogP) is 4.60. The van der Waals surface area contributed by atoms with Crippen molar-refractivity contribution in [1.82, 2.24) is 4.31 Å². The Bertz CT molecular complexity index is 1030. The van der Waals surface area contributed by atoms with E-state index in [9.17, 15) is 18.0 Å². The Labute approximate surface area is 192 Å². The standard InChI is InChI=1S/C21H24Cl2N2O5S/c1-3-5-12-30-21(27)15-6-9-17(10-7-15)24-20(26)14-25(4-2)31(28,29)19-13-16(22)8-11-18(19)23/h6-11,13H,3-5,12,14H2,1-2H3,(H,24,26). The van der Waals surface area contributed by atoms with E-state index in [2.05, 4.69) is 5.32 Å². The van der Waals surface area contributed by atoms with E-state index in [1.165, 1.54) is 30.3 Å². The highest BCUT2D eigenvalue weighted by atomic mass is 35.5. The maximum Gasteiger partial charge on any atom is 0.338 e. The summed E-state index contributed by atoms with van der Waals surface area (Å²) in [4.78, 5) is 24.2. The molecular formula is C21H24Cl2N2O5S. The molecule has 0 unspecified atom stereocenters. The average Bonchev–Trinajstić information content (AvgIpc) is 2.74. The number of carbonyl (C=O) groups is 2. The lowest BCUT2D eigenvalue weighted by molar-refractivity contribution is -0.116. The van der Waals surface area contributed by atoms with Crippen LogP contribution in [-0.2, 0) is 19.6 Å². The predicted molar refractivity (Wildman–Crippen MR) is 121 cm³/mol. The van der Waals surface area contributed by atoms with Crippen LogP contribution in [0.2, 0.25) is 10.0 Å². The number of halogens is 2. The van der Waals surface area contributed by atoms with E-state index in [0.29, 0.717) is 17.9 Å². The molecule has 1 N–H and O–H groups in total. The summed E-state index contributed by atoms with van der Waals surface area (Å²) in [5, 5.41) is 2.86. The second-order valence-corrected chi connectivity index (χ2v) is 9.37. The molecule has 2 rings (SSSR count). The van der Waals surface area contributed by atoms with Gasteiger partial charge in [-0.15, -0.1) is 0 Å². The Kier molecular flexibility index (Phi) is 9.31. The number of amides is 1. The molecule has 0 bridgehead atoms. The summed E-state index contributed by atoms with van der Waals surface area (Å²) in [6, 6.07) is 10.3. The van der Waals surface area contributed by atoms with Gasteiger partial charge in [0.15, 0.2) is 0 Å². The van der Waals surface area contributed by atoms with Gasteiger partial charge < -0.3 is 10.1 Å². The van der Waals surface area contributed by atoms with E-state index in [1.54, 1.807) is 19.1 Å². The summed E-state index contributed by atoms with van der Waals surface area (Å²) in [7, 11) is -4.03. The molecule has 0 fully saturated rings. The van der Waals surface area contributed by atoms with Crippen LogP contribution in [0.5, 0.6) is 0 Å². The van der Waals surface area contributed by atoms with Crippen LogP contribution in [0.4, 0.5) is 5.69 Å². The molecule has 2 aromatic carbocycles. The van der Waals surface area contributed by atoms with Crippen molar-refractivity contribution in [3.05, 3.63) is 58.1 Å². The van der Waals surface area contributed by atoms with Crippen LogP contribution in [0, 0.1) is 0 Å². The van der Waals surface area contributed by atoms with Crippen molar-refractivity contribution in [2.24, 2.45) is 0 Å². The monoisotopic (exact) mass is 486 g/mol. The number of anilines is 1. The lowest BCUT2D eigenvalue weighted by atomic mass is 10.2. The van der Waals surface area contributed by atoms with Gasteiger partial charge in [0.1, 0.15) is 4.90 Å². The van der Waals surface area contributed by atoms with E-state index in [4.69, 9.17) is 27.9 Å². The Hall–Kier alpha value is -2.13. The minimum absolute atomic E-state index is 0.0182. The van der Waals surface area contributed by atoms with E-state index in [-0.39, 0.29) is 21.5 Å². The molecule has 0 saturated heterocycles. The van der Waals surface area contributed by atoms with Gasteiger partial charge in [-0.2, -0.15) is 4.31 Å². The zero-order valence-corrected chi connectivity index (χ0v) is 19.6. The third-order valence-electron chi connectivity index (χ3n) is 4.32. The van der Waals surface area contributed by atoms with Gasteiger partial charge in [-0.3, -0.25) is 4.79 Å². The summed E-state index contributed by atoms with van der Waals surface area (Å²) >= 11 is 11.9. The van der Waals surface area contributed by atoms with Crippen molar-refractivity contribution in [2.45, 2.75) is 31.6 Å². The maximum atomic E-state index is 12.9. The van der Waals surface area contributed by atoms with Crippen LogP contribution < -0.4 is 5.32 Å². The van der Waals surface area contributed by atoms with Crippen molar-refractivity contribution in [2.75, 3.05) is 25.0 Å². The number of carbonyl (C=O) groups excluding carboxylic acids is 2. The molecule has 168 valence electrons. The molecule has 2 aromatic rings. The van der Waals surface area contributed by atoms with Crippen molar-refractivity contribution >= 4 is 50.8 Å². The first-order valence-electron chi connectivity index (χ1n) is 9.71. The molecular weight excluding hydrogens is 463 g/mol. The van der Waals surface area contributed by atoms with Crippen LogP contribution in [0.1, 0.15) is 37.0 Å². The fraction of sp³-hybridized carbons (Fsp3) is 0.333. The zero-order chi connectivity index (χ0) is 23.0. The second-order valence-electron chi connectivity index (χ2n) is 6.62. The van der Waals surface area contributed by atoms with Gasteiger partial charge in [0, 0.05) is 17.3 Å². The van der Waals surface area contributed by atoms with E-state index in [1.807, 2.05) is 6.92 Å². The average molecular weight is 487 g/mol. The third kappa shape index (κ3) is 6.93. The summed E-state index contributed by atoms with van der Waals surface area (Å²) in [6.07, 6.45) is 1.71. The van der Waals surface area contributed by atoms with Gasteiger partial charge in [0.25, 0.3) is 0 Å². The number of hydrogen-bond donors (Lipinski definition) is 1. The van der Waals surface area contributed by atoms with Crippen LogP contribution >= 0.6 is 23.2 Å². The number of ether oxygens (including phenoxy) is 1. The lowest BCUT2D eigenvalue weighted by Gasteiger charge is -2.21. The van der Waals surface area contributed by atoms with Crippen molar-refractivity contribution in [3.8, 4) is 0 Å². The fourth-order valence-corrected chi connectivity index (χ4v) is 4.77. The fourth-order valence-electron chi connectivity index (χ4n) is 2.62. The topological polar surface area (TPSA) is 92.8 Å². The minimum Gasteiger partial charge on any atom is -0.462 e. The highest BCUT2D eigenvalue weighted by Gasteiger charge is 2.27. The molecule has 0 aliphatic rings. The van der Waals surface area contributed by atoms with Crippen LogP contribution in [0.15, 0.2) is 47.4 Å². The molecule has 0 aliphatic heterocycles. The normalized spacial score (nSPS) is 11.4. The molecule has 0 aliphatic carbocycles. The number of likely N-dealkylation sites (N-methyl/N-ethyl adjacent to an activating group) is 1. The number of hydrogen-bond acceptors (Lipinski definition) is 5. The van der Waals surface area contributed by atoms with E-state index < -0.39 is 28.4 Å². The number of esters is 1. The van der Waals surface area contributed by atoms with Crippen molar-refractivity contribution < 1.29 is 22.7 Å². The Morgan fingerprint density at radius 2 is 1.74 bits per heavy atom. The molecule has 10 heteroatoms. The van der Waals surface area contributed by atoms with Crippen molar-refractivity contribution in [1.29, 1.82) is 0 Å². The smallest absolute Gasteiger partial charge is 0.338 e. The van der Waals surface area contributed by atoms with Gasteiger partial charge in [0.2, 0.25) is 15.9 Å². The van der Waals surface area contributed by atoms with Crippen LogP contribution in [-0.4, -0.2) is 44.3 Å². The molecule has 0 aromatic heterocycles. The molecule has 7 nitrogen and oxygen atoms in total. The molecule has 0 radical (unpaired) electrons.